The smallest absolute Gasteiger partial charge is 0.407 e. The van der Waals surface area contributed by atoms with Gasteiger partial charge in [0.25, 0.3) is 0 Å². The summed E-state index contributed by atoms with van der Waals surface area (Å²) >= 11 is 0. The fourth-order valence-electron chi connectivity index (χ4n) is 2.13. The number of hydrogen-bond donors (Lipinski definition) is 3. The number of nitrogens with one attached hydrogen (secondary N) is 2. The van der Waals surface area contributed by atoms with Crippen LogP contribution in [-0.2, 0) is 9.53 Å². The third-order valence-electron chi connectivity index (χ3n) is 3.64. The quantitative estimate of drug-likeness (QED) is 0.417. The predicted molar refractivity (Wildman–Crippen MR) is 95.9 cm³/mol. The van der Waals surface area contributed by atoms with Crippen LogP contribution in [0.4, 0.5) is 4.79 Å². The molecular formula is C18H34N2O4. The number of aliphatic hydroxyl groups is 1. The van der Waals surface area contributed by atoms with Crippen LogP contribution in [0, 0.1) is 5.92 Å². The van der Waals surface area contributed by atoms with E-state index in [-0.39, 0.29) is 17.6 Å². The number of rotatable bonds is 10. The van der Waals surface area contributed by atoms with Crippen LogP contribution in [0.15, 0.2) is 12.3 Å². The first-order chi connectivity index (χ1) is 11.1. The van der Waals surface area contributed by atoms with Gasteiger partial charge in [-0.15, -0.1) is 0 Å². The minimum absolute atomic E-state index is 0.000685. The van der Waals surface area contributed by atoms with E-state index >= 15 is 0 Å². The van der Waals surface area contributed by atoms with Crippen LogP contribution < -0.4 is 10.6 Å². The molecule has 0 aliphatic heterocycles. The van der Waals surface area contributed by atoms with Gasteiger partial charge in [-0.1, -0.05) is 33.3 Å². The van der Waals surface area contributed by atoms with E-state index < -0.39 is 17.7 Å². The normalized spacial score (nSPS) is 13.7. The van der Waals surface area contributed by atoms with Crippen LogP contribution in [-0.4, -0.2) is 35.3 Å². The molecule has 0 saturated heterocycles. The van der Waals surface area contributed by atoms with Gasteiger partial charge in [-0.2, -0.15) is 0 Å². The Hall–Kier alpha value is -1.72. The van der Waals surface area contributed by atoms with E-state index in [9.17, 15) is 14.7 Å². The summed E-state index contributed by atoms with van der Waals surface area (Å²) in [5, 5.41) is 15.1. The van der Waals surface area contributed by atoms with Crippen molar-refractivity contribution in [3.8, 4) is 0 Å². The SMILES string of the molecule is C=C(O)[C@@H](NC(=O)CCCCCNC(=O)OC(C)(C)C)C(C)CC. The molecule has 0 heterocycles. The average Bonchev–Trinajstić information content (AvgIpc) is 2.45. The zero-order chi connectivity index (χ0) is 18.8. The molecule has 6 heteroatoms. The van der Waals surface area contributed by atoms with Gasteiger partial charge >= 0.3 is 6.09 Å². The number of aliphatic hydroxyl groups excluding tert-OH is 1. The summed E-state index contributed by atoms with van der Waals surface area (Å²) in [5.74, 6) is 0.0549. The van der Waals surface area contributed by atoms with Crippen LogP contribution in [0.5, 0.6) is 0 Å². The molecule has 0 aromatic carbocycles. The van der Waals surface area contributed by atoms with E-state index in [0.29, 0.717) is 13.0 Å². The molecule has 0 bridgehead atoms. The highest BCUT2D eigenvalue weighted by Crippen LogP contribution is 2.13. The van der Waals surface area contributed by atoms with Gasteiger partial charge in [0.1, 0.15) is 11.4 Å². The molecule has 0 fully saturated rings. The Morgan fingerprint density at radius 3 is 2.33 bits per heavy atom. The number of carbonyl (C=O) groups is 2. The third kappa shape index (κ3) is 10.9. The van der Waals surface area contributed by atoms with Gasteiger partial charge < -0.3 is 20.5 Å². The molecule has 0 aromatic heterocycles. The first kappa shape index (κ1) is 22.3. The molecule has 140 valence electrons. The van der Waals surface area contributed by atoms with Gasteiger partial charge in [0.2, 0.25) is 5.91 Å². The predicted octanol–water partition coefficient (Wildman–Crippen LogP) is 3.67. The van der Waals surface area contributed by atoms with E-state index in [0.717, 1.165) is 25.7 Å². The van der Waals surface area contributed by atoms with E-state index in [1.807, 2.05) is 34.6 Å². The molecular weight excluding hydrogens is 308 g/mol. The van der Waals surface area contributed by atoms with Crippen LogP contribution >= 0.6 is 0 Å². The van der Waals surface area contributed by atoms with Gasteiger partial charge in [0.15, 0.2) is 0 Å². The van der Waals surface area contributed by atoms with Crippen LogP contribution in [0.1, 0.15) is 66.7 Å². The highest BCUT2D eigenvalue weighted by molar-refractivity contribution is 5.76. The fraction of sp³-hybridized carbons (Fsp3) is 0.778. The van der Waals surface area contributed by atoms with Crippen molar-refractivity contribution in [3.05, 3.63) is 12.3 Å². The number of amides is 2. The number of alkyl carbamates (subject to hydrolysis) is 1. The number of unbranched alkanes of at least 4 members (excludes halogenated alkanes) is 2. The second-order valence-electron chi connectivity index (χ2n) is 7.16. The van der Waals surface area contributed by atoms with Crippen molar-refractivity contribution in [2.75, 3.05) is 6.54 Å². The average molecular weight is 342 g/mol. The maximum Gasteiger partial charge on any atom is 0.407 e. The topological polar surface area (TPSA) is 87.7 Å². The summed E-state index contributed by atoms with van der Waals surface area (Å²) in [7, 11) is 0. The van der Waals surface area contributed by atoms with Crippen molar-refractivity contribution in [2.45, 2.75) is 78.4 Å². The summed E-state index contributed by atoms with van der Waals surface area (Å²) in [6, 6.07) is -0.392. The zero-order valence-corrected chi connectivity index (χ0v) is 15.8. The minimum Gasteiger partial charge on any atom is -0.511 e. The van der Waals surface area contributed by atoms with E-state index in [1.54, 1.807) is 0 Å². The Morgan fingerprint density at radius 1 is 1.21 bits per heavy atom. The van der Waals surface area contributed by atoms with Crippen LogP contribution in [0.3, 0.4) is 0 Å². The Bertz CT molecular complexity index is 416. The van der Waals surface area contributed by atoms with Crippen molar-refractivity contribution in [3.63, 3.8) is 0 Å². The fourth-order valence-corrected chi connectivity index (χ4v) is 2.13. The summed E-state index contributed by atoms with van der Waals surface area (Å²) in [5.41, 5.74) is -0.495. The first-order valence-corrected chi connectivity index (χ1v) is 8.70. The molecule has 0 rings (SSSR count). The molecule has 3 N–H and O–H groups in total. The molecule has 0 spiro atoms. The third-order valence-corrected chi connectivity index (χ3v) is 3.64. The lowest BCUT2D eigenvalue weighted by Gasteiger charge is -2.23. The lowest BCUT2D eigenvalue weighted by molar-refractivity contribution is -0.122. The minimum atomic E-state index is -0.495. The molecule has 0 radical (unpaired) electrons. The Kier molecular flexibility index (Phi) is 10.2. The zero-order valence-electron chi connectivity index (χ0n) is 15.8. The Labute approximate surface area is 146 Å². The van der Waals surface area contributed by atoms with E-state index in [4.69, 9.17) is 4.74 Å². The summed E-state index contributed by atoms with van der Waals surface area (Å²) in [4.78, 5) is 23.4. The van der Waals surface area contributed by atoms with Gasteiger partial charge in [-0.05, 0) is 39.5 Å². The van der Waals surface area contributed by atoms with Gasteiger partial charge in [-0.3, -0.25) is 4.79 Å². The van der Waals surface area contributed by atoms with Gasteiger partial charge in [0, 0.05) is 13.0 Å². The van der Waals surface area contributed by atoms with Crippen molar-refractivity contribution in [2.24, 2.45) is 5.92 Å². The molecule has 2 amide bonds. The monoisotopic (exact) mass is 342 g/mol. The van der Waals surface area contributed by atoms with E-state index in [1.165, 1.54) is 0 Å². The largest absolute Gasteiger partial charge is 0.511 e. The molecule has 1 unspecified atom stereocenters. The van der Waals surface area contributed by atoms with Crippen molar-refractivity contribution in [1.29, 1.82) is 0 Å². The highest BCUT2D eigenvalue weighted by atomic mass is 16.6. The highest BCUT2D eigenvalue weighted by Gasteiger charge is 2.20. The molecule has 0 aliphatic rings. The van der Waals surface area contributed by atoms with Crippen molar-refractivity contribution in [1.82, 2.24) is 10.6 Å². The maximum absolute atomic E-state index is 11.9. The molecule has 0 saturated carbocycles. The number of hydrogen-bond acceptors (Lipinski definition) is 4. The Morgan fingerprint density at radius 2 is 1.83 bits per heavy atom. The van der Waals surface area contributed by atoms with Crippen LogP contribution in [0.2, 0.25) is 0 Å². The second-order valence-corrected chi connectivity index (χ2v) is 7.16. The van der Waals surface area contributed by atoms with Crippen molar-refractivity contribution >= 4 is 12.0 Å². The molecule has 0 aliphatic carbocycles. The molecule has 6 nitrogen and oxygen atoms in total. The maximum atomic E-state index is 11.9. The summed E-state index contributed by atoms with van der Waals surface area (Å²) in [6.07, 6.45) is 3.17. The molecule has 2 atom stereocenters. The summed E-state index contributed by atoms with van der Waals surface area (Å²) < 4.78 is 5.14. The second kappa shape index (κ2) is 10.9. The van der Waals surface area contributed by atoms with Gasteiger partial charge in [0.05, 0.1) is 6.04 Å². The first-order valence-electron chi connectivity index (χ1n) is 8.70. The number of ether oxygens (including phenoxy) is 1. The molecule has 0 aromatic rings. The van der Waals surface area contributed by atoms with E-state index in [2.05, 4.69) is 17.2 Å². The standard InChI is InChI=1S/C18H34N2O4/c1-7-13(2)16(14(3)21)20-15(22)11-9-8-10-12-19-17(23)24-18(4,5)6/h13,16,21H,3,7-12H2,1-2,4-6H3,(H,19,23)(H,20,22)/t13?,16-/m0/s1. The van der Waals surface area contributed by atoms with Crippen LogP contribution in [0.25, 0.3) is 0 Å². The number of carbonyl (C=O) groups excluding carboxylic acids is 2. The molecule has 24 heavy (non-hydrogen) atoms. The van der Waals surface area contributed by atoms with Gasteiger partial charge in [-0.25, -0.2) is 4.79 Å². The Balaban J connectivity index is 3.86. The van der Waals surface area contributed by atoms with Crippen molar-refractivity contribution < 1.29 is 19.4 Å². The summed E-state index contributed by atoms with van der Waals surface area (Å²) in [6.45, 7) is 13.5. The lowest BCUT2D eigenvalue weighted by Crippen LogP contribution is -2.40. The lowest BCUT2D eigenvalue weighted by atomic mass is 9.97.